The average Bonchev–Trinajstić information content (AvgIpc) is 2.77. The minimum atomic E-state index is -3.60. The maximum Gasteiger partial charge on any atom is 0.238 e. The first-order valence-corrected chi connectivity index (χ1v) is 11.6. The standard InChI is InChI=1S/C20H22FN5O5S/c1-29-16-10-13(21)9-14-17(23-20(24-18(14)16)26-4-6-31-7-5-26)12-8-15(25-32(3,27)28)19(30-2)22-11-12/h8-11,25H,4-7H2,1-3H3. The van der Waals surface area contributed by atoms with E-state index in [9.17, 15) is 12.8 Å². The summed E-state index contributed by atoms with van der Waals surface area (Å²) in [5.41, 5.74) is 1.39. The first kappa shape index (κ1) is 22.0. The highest BCUT2D eigenvalue weighted by Gasteiger charge is 2.21. The predicted molar refractivity (Wildman–Crippen MR) is 117 cm³/mol. The van der Waals surface area contributed by atoms with Crippen LogP contribution in [-0.2, 0) is 14.8 Å². The summed E-state index contributed by atoms with van der Waals surface area (Å²) in [4.78, 5) is 15.5. The zero-order valence-electron chi connectivity index (χ0n) is 17.8. The number of nitrogens with one attached hydrogen (secondary N) is 1. The Labute approximate surface area is 184 Å². The van der Waals surface area contributed by atoms with Crippen LogP contribution in [-0.4, -0.2) is 70.1 Å². The van der Waals surface area contributed by atoms with Crippen LogP contribution in [0.25, 0.3) is 22.2 Å². The van der Waals surface area contributed by atoms with Crippen LogP contribution in [0.1, 0.15) is 0 Å². The molecule has 0 spiro atoms. The van der Waals surface area contributed by atoms with Crippen molar-refractivity contribution in [2.75, 3.05) is 56.4 Å². The van der Waals surface area contributed by atoms with E-state index in [1.807, 2.05) is 4.90 Å². The highest BCUT2D eigenvalue weighted by molar-refractivity contribution is 7.92. The lowest BCUT2D eigenvalue weighted by molar-refractivity contribution is 0.122. The van der Waals surface area contributed by atoms with Crippen molar-refractivity contribution in [3.8, 4) is 22.9 Å². The van der Waals surface area contributed by atoms with Crippen molar-refractivity contribution in [3.05, 3.63) is 30.2 Å². The number of ether oxygens (including phenoxy) is 3. The molecule has 3 aromatic rings. The zero-order valence-corrected chi connectivity index (χ0v) is 18.6. The molecule has 1 saturated heterocycles. The summed E-state index contributed by atoms with van der Waals surface area (Å²) in [6.45, 7) is 2.25. The fourth-order valence-electron chi connectivity index (χ4n) is 3.45. The molecule has 0 saturated carbocycles. The van der Waals surface area contributed by atoms with E-state index in [4.69, 9.17) is 14.2 Å². The van der Waals surface area contributed by atoms with Crippen molar-refractivity contribution in [2.24, 2.45) is 0 Å². The van der Waals surface area contributed by atoms with Gasteiger partial charge < -0.3 is 19.1 Å². The maximum atomic E-state index is 14.4. The van der Waals surface area contributed by atoms with Crippen molar-refractivity contribution in [1.82, 2.24) is 15.0 Å². The SMILES string of the molecule is COc1ncc(-c2nc(N3CCOCC3)nc3c(OC)cc(F)cc23)cc1NS(C)(=O)=O. The second kappa shape index (κ2) is 8.71. The van der Waals surface area contributed by atoms with Gasteiger partial charge in [0, 0.05) is 36.3 Å². The number of anilines is 2. The normalized spacial score (nSPS) is 14.4. The molecule has 1 aliphatic rings. The Morgan fingerprint density at radius 1 is 1.12 bits per heavy atom. The molecule has 170 valence electrons. The fourth-order valence-corrected chi connectivity index (χ4v) is 4.00. The Kier molecular flexibility index (Phi) is 5.98. The molecule has 0 unspecified atom stereocenters. The van der Waals surface area contributed by atoms with Gasteiger partial charge in [-0.3, -0.25) is 4.72 Å². The number of methoxy groups -OCH3 is 2. The topological polar surface area (TPSA) is 116 Å². The third-order valence-corrected chi connectivity index (χ3v) is 5.44. The van der Waals surface area contributed by atoms with Crippen LogP contribution in [0, 0.1) is 5.82 Å². The second-order valence-electron chi connectivity index (χ2n) is 7.13. The third-order valence-electron chi connectivity index (χ3n) is 4.85. The predicted octanol–water partition coefficient (Wildman–Crippen LogP) is 2.06. The monoisotopic (exact) mass is 463 g/mol. The van der Waals surface area contributed by atoms with Gasteiger partial charge in [0.1, 0.15) is 22.8 Å². The van der Waals surface area contributed by atoms with Gasteiger partial charge in [-0.15, -0.1) is 0 Å². The van der Waals surface area contributed by atoms with E-state index in [0.717, 1.165) is 6.26 Å². The highest BCUT2D eigenvalue weighted by Crippen LogP contribution is 2.36. The third kappa shape index (κ3) is 4.50. The number of aromatic nitrogens is 3. The number of fused-ring (bicyclic) bond motifs is 1. The number of morpholine rings is 1. The van der Waals surface area contributed by atoms with Gasteiger partial charge >= 0.3 is 0 Å². The van der Waals surface area contributed by atoms with Crippen LogP contribution in [0.4, 0.5) is 16.0 Å². The van der Waals surface area contributed by atoms with Crippen LogP contribution in [0.3, 0.4) is 0 Å². The largest absolute Gasteiger partial charge is 0.494 e. The highest BCUT2D eigenvalue weighted by atomic mass is 32.2. The molecular weight excluding hydrogens is 441 g/mol. The number of nitrogens with zero attached hydrogens (tertiary/aromatic N) is 4. The first-order chi connectivity index (χ1) is 15.3. The van der Waals surface area contributed by atoms with Gasteiger partial charge in [0.15, 0.2) is 0 Å². The van der Waals surface area contributed by atoms with Gasteiger partial charge in [-0.2, -0.15) is 0 Å². The van der Waals surface area contributed by atoms with Crippen LogP contribution in [0.5, 0.6) is 11.6 Å². The number of hydrogen-bond donors (Lipinski definition) is 1. The molecule has 1 N–H and O–H groups in total. The lowest BCUT2D eigenvalue weighted by Gasteiger charge is -2.27. The number of rotatable bonds is 6. The molecule has 2 aromatic heterocycles. The molecule has 32 heavy (non-hydrogen) atoms. The number of benzene rings is 1. The van der Waals surface area contributed by atoms with Gasteiger partial charge in [-0.25, -0.2) is 27.8 Å². The number of hydrogen-bond acceptors (Lipinski definition) is 9. The number of sulfonamides is 1. The summed E-state index contributed by atoms with van der Waals surface area (Å²) in [6, 6.07) is 4.10. The number of pyridine rings is 1. The summed E-state index contributed by atoms with van der Waals surface area (Å²) in [7, 11) is -0.780. The summed E-state index contributed by atoms with van der Waals surface area (Å²) in [5.74, 6) is 0.257. The average molecular weight is 463 g/mol. The molecule has 0 bridgehead atoms. The molecule has 4 rings (SSSR count). The maximum absolute atomic E-state index is 14.4. The molecule has 0 atom stereocenters. The Balaban J connectivity index is 1.96. The Morgan fingerprint density at radius 2 is 1.88 bits per heavy atom. The smallest absolute Gasteiger partial charge is 0.238 e. The van der Waals surface area contributed by atoms with Gasteiger partial charge in [0.25, 0.3) is 0 Å². The lowest BCUT2D eigenvalue weighted by atomic mass is 10.1. The minimum absolute atomic E-state index is 0.0923. The Hall–Kier alpha value is -3.25. The van der Waals surface area contributed by atoms with E-state index in [1.54, 1.807) is 0 Å². The minimum Gasteiger partial charge on any atom is -0.494 e. The van der Waals surface area contributed by atoms with Gasteiger partial charge in [-0.1, -0.05) is 0 Å². The van der Waals surface area contributed by atoms with Crippen molar-refractivity contribution in [1.29, 1.82) is 0 Å². The molecular formula is C20H22FN5O5S. The summed E-state index contributed by atoms with van der Waals surface area (Å²) >= 11 is 0. The molecule has 1 aliphatic heterocycles. The van der Waals surface area contributed by atoms with Crippen molar-refractivity contribution in [3.63, 3.8) is 0 Å². The van der Waals surface area contributed by atoms with E-state index in [2.05, 4.69) is 19.7 Å². The van der Waals surface area contributed by atoms with Crippen molar-refractivity contribution in [2.45, 2.75) is 0 Å². The van der Waals surface area contributed by atoms with Gasteiger partial charge in [0.05, 0.1) is 39.4 Å². The van der Waals surface area contributed by atoms with Crippen LogP contribution in [0.15, 0.2) is 24.4 Å². The molecule has 1 fully saturated rings. The molecule has 10 nitrogen and oxygen atoms in total. The molecule has 1 aromatic carbocycles. The van der Waals surface area contributed by atoms with Crippen LogP contribution >= 0.6 is 0 Å². The van der Waals surface area contributed by atoms with E-state index in [-0.39, 0.29) is 17.3 Å². The molecule has 0 amide bonds. The van der Waals surface area contributed by atoms with Crippen LogP contribution < -0.4 is 19.1 Å². The number of halogens is 1. The van der Waals surface area contributed by atoms with E-state index in [1.165, 1.54) is 38.6 Å². The van der Waals surface area contributed by atoms with E-state index >= 15 is 0 Å². The van der Waals surface area contributed by atoms with E-state index < -0.39 is 15.8 Å². The van der Waals surface area contributed by atoms with Crippen molar-refractivity contribution >= 4 is 32.6 Å². The van der Waals surface area contributed by atoms with E-state index in [0.29, 0.717) is 54.4 Å². The quantitative estimate of drug-likeness (QED) is 0.586. The van der Waals surface area contributed by atoms with Gasteiger partial charge in [-0.05, 0) is 12.1 Å². The fraction of sp³-hybridized carbons (Fsp3) is 0.350. The zero-order chi connectivity index (χ0) is 22.9. The second-order valence-corrected chi connectivity index (χ2v) is 8.88. The summed E-state index contributed by atoms with van der Waals surface area (Å²) in [6.07, 6.45) is 2.50. The van der Waals surface area contributed by atoms with Crippen molar-refractivity contribution < 1.29 is 27.0 Å². The Bertz CT molecular complexity index is 1260. The summed E-state index contributed by atoms with van der Waals surface area (Å²) in [5, 5.41) is 0.399. The summed E-state index contributed by atoms with van der Waals surface area (Å²) < 4.78 is 56.3. The molecule has 12 heteroatoms. The lowest BCUT2D eigenvalue weighted by Crippen LogP contribution is -2.37. The van der Waals surface area contributed by atoms with Crippen LogP contribution in [0.2, 0.25) is 0 Å². The molecule has 0 radical (unpaired) electrons. The van der Waals surface area contributed by atoms with Gasteiger partial charge in [0.2, 0.25) is 21.9 Å². The molecule has 3 heterocycles. The molecule has 0 aliphatic carbocycles. The first-order valence-electron chi connectivity index (χ1n) is 9.69. The Morgan fingerprint density at radius 3 is 2.53 bits per heavy atom.